The van der Waals surface area contributed by atoms with Gasteiger partial charge in [0.05, 0.1) is 17.4 Å². The highest BCUT2D eigenvalue weighted by molar-refractivity contribution is 6.74. The van der Waals surface area contributed by atoms with E-state index in [1.807, 2.05) is 6.92 Å². The van der Waals surface area contributed by atoms with Crippen LogP contribution in [0.15, 0.2) is 18.1 Å². The van der Waals surface area contributed by atoms with E-state index in [0.717, 1.165) is 5.56 Å². The molecule has 0 aromatic carbocycles. The van der Waals surface area contributed by atoms with Gasteiger partial charge in [-0.05, 0) is 30.6 Å². The zero-order valence-corrected chi connectivity index (χ0v) is 15.2. The molecule has 0 unspecified atom stereocenters. The molecule has 0 fully saturated rings. The second kappa shape index (κ2) is 7.10. The minimum Gasteiger partial charge on any atom is -0.416 e. The van der Waals surface area contributed by atoms with Gasteiger partial charge >= 0.3 is 0 Å². The third-order valence-electron chi connectivity index (χ3n) is 3.96. The predicted molar refractivity (Wildman–Crippen MR) is 89.5 cm³/mol. The van der Waals surface area contributed by atoms with Crippen LogP contribution in [0.4, 0.5) is 0 Å². The van der Waals surface area contributed by atoms with Crippen LogP contribution in [0.2, 0.25) is 18.1 Å². The lowest BCUT2D eigenvalue weighted by Gasteiger charge is -2.36. The van der Waals surface area contributed by atoms with Crippen molar-refractivity contribution in [1.29, 1.82) is 0 Å². The van der Waals surface area contributed by atoms with Gasteiger partial charge in [-0.3, -0.25) is 10.1 Å². The van der Waals surface area contributed by atoms with Crippen molar-refractivity contribution in [2.45, 2.75) is 52.2 Å². The van der Waals surface area contributed by atoms with Crippen molar-refractivity contribution < 1.29 is 9.35 Å². The fourth-order valence-corrected chi connectivity index (χ4v) is 2.51. The zero-order chi connectivity index (χ0) is 17.0. The van der Waals surface area contributed by atoms with Gasteiger partial charge in [0.2, 0.25) is 0 Å². The summed E-state index contributed by atoms with van der Waals surface area (Å²) < 4.78 is 5.98. The fourth-order valence-electron chi connectivity index (χ4n) is 1.47. The molecule has 0 atom stereocenters. The van der Waals surface area contributed by atoms with Gasteiger partial charge in [-0.15, -0.1) is 0 Å². The molecule has 6 nitrogen and oxygen atoms in total. The summed E-state index contributed by atoms with van der Waals surface area (Å²) in [5, 5.41) is 11.2. The Balaban J connectivity index is 2.74. The molecule has 0 amide bonds. The molecule has 0 radical (unpaired) electrons. The standard InChI is InChI=1S/C15H25N3O3Si/c1-12-10-16-14(17-11-12)9-13(18(19)20)7-8-21-22(5,6)15(2,3)4/h9-11H,7-8H2,1-6H3/b13-9-. The van der Waals surface area contributed by atoms with E-state index in [2.05, 4.69) is 43.8 Å². The van der Waals surface area contributed by atoms with Crippen molar-refractivity contribution in [2.24, 2.45) is 0 Å². The second-order valence-electron chi connectivity index (χ2n) is 6.87. The molecular formula is C15H25N3O3Si. The lowest BCUT2D eigenvalue weighted by atomic mass is 10.2. The van der Waals surface area contributed by atoms with Gasteiger partial charge in [-0.2, -0.15) is 0 Å². The highest BCUT2D eigenvalue weighted by atomic mass is 28.4. The second-order valence-corrected chi connectivity index (χ2v) is 11.7. The summed E-state index contributed by atoms with van der Waals surface area (Å²) >= 11 is 0. The molecule has 7 heteroatoms. The average Bonchev–Trinajstić information content (AvgIpc) is 2.38. The molecule has 0 aliphatic heterocycles. The van der Waals surface area contributed by atoms with Gasteiger partial charge in [-0.25, -0.2) is 9.97 Å². The van der Waals surface area contributed by atoms with Crippen LogP contribution in [0.25, 0.3) is 6.08 Å². The number of nitro groups is 1. The van der Waals surface area contributed by atoms with Crippen LogP contribution in [0.1, 0.15) is 38.6 Å². The summed E-state index contributed by atoms with van der Waals surface area (Å²) in [6.07, 6.45) is 4.94. The maximum Gasteiger partial charge on any atom is 0.252 e. The Morgan fingerprint density at radius 2 is 1.91 bits per heavy atom. The highest BCUT2D eigenvalue weighted by Gasteiger charge is 2.37. The van der Waals surface area contributed by atoms with Crippen molar-refractivity contribution in [2.75, 3.05) is 6.61 Å². The Hall–Kier alpha value is -1.60. The van der Waals surface area contributed by atoms with Crippen molar-refractivity contribution in [3.63, 3.8) is 0 Å². The number of aromatic nitrogens is 2. The number of nitrogens with zero attached hydrogens (tertiary/aromatic N) is 3. The van der Waals surface area contributed by atoms with Crippen molar-refractivity contribution in [1.82, 2.24) is 9.97 Å². The molecule has 1 aromatic heterocycles. The third kappa shape index (κ3) is 5.30. The van der Waals surface area contributed by atoms with Gasteiger partial charge in [0.25, 0.3) is 5.70 Å². The van der Waals surface area contributed by atoms with Crippen molar-refractivity contribution in [3.8, 4) is 0 Å². The van der Waals surface area contributed by atoms with E-state index in [-0.39, 0.29) is 17.2 Å². The summed E-state index contributed by atoms with van der Waals surface area (Å²) in [6.45, 7) is 12.9. The molecule has 0 bridgehead atoms. The summed E-state index contributed by atoms with van der Waals surface area (Å²) in [7, 11) is -1.89. The van der Waals surface area contributed by atoms with E-state index in [9.17, 15) is 10.1 Å². The summed E-state index contributed by atoms with van der Waals surface area (Å²) in [5.74, 6) is 0.352. The number of aryl methyl sites for hydroxylation is 1. The van der Waals surface area contributed by atoms with Crippen LogP contribution >= 0.6 is 0 Å². The lowest BCUT2D eigenvalue weighted by molar-refractivity contribution is -0.426. The summed E-state index contributed by atoms with van der Waals surface area (Å²) in [6, 6.07) is 0. The van der Waals surface area contributed by atoms with E-state index >= 15 is 0 Å². The normalized spacial score (nSPS) is 13.3. The van der Waals surface area contributed by atoms with Gasteiger partial charge < -0.3 is 4.43 Å². The van der Waals surface area contributed by atoms with E-state index in [4.69, 9.17) is 4.43 Å². The molecule has 0 aliphatic rings. The minimum atomic E-state index is -1.89. The largest absolute Gasteiger partial charge is 0.416 e. The Morgan fingerprint density at radius 1 is 1.36 bits per heavy atom. The minimum absolute atomic E-state index is 0.0718. The van der Waals surface area contributed by atoms with E-state index in [0.29, 0.717) is 12.4 Å². The van der Waals surface area contributed by atoms with Crippen LogP contribution in [-0.2, 0) is 4.43 Å². The van der Waals surface area contributed by atoms with Gasteiger partial charge in [-0.1, -0.05) is 20.8 Å². The van der Waals surface area contributed by atoms with E-state index in [1.54, 1.807) is 12.4 Å². The molecule has 1 heterocycles. The van der Waals surface area contributed by atoms with Crippen LogP contribution in [0.3, 0.4) is 0 Å². The summed E-state index contributed by atoms with van der Waals surface area (Å²) in [5.41, 5.74) is 0.989. The van der Waals surface area contributed by atoms with Crippen LogP contribution in [0, 0.1) is 17.0 Å². The average molecular weight is 323 g/mol. The quantitative estimate of drug-likeness (QED) is 0.452. The zero-order valence-electron chi connectivity index (χ0n) is 14.2. The smallest absolute Gasteiger partial charge is 0.252 e. The molecular weight excluding hydrogens is 298 g/mol. The molecule has 0 N–H and O–H groups in total. The molecule has 0 aliphatic carbocycles. The Bertz CT molecular complexity index is 548. The number of rotatable bonds is 6. The highest BCUT2D eigenvalue weighted by Crippen LogP contribution is 2.36. The number of hydrogen-bond acceptors (Lipinski definition) is 5. The first kappa shape index (κ1) is 18.4. The molecule has 0 spiro atoms. The maximum absolute atomic E-state index is 11.2. The van der Waals surface area contributed by atoms with Gasteiger partial charge in [0.1, 0.15) is 0 Å². The fraction of sp³-hybridized carbons (Fsp3) is 0.600. The predicted octanol–water partition coefficient (Wildman–Crippen LogP) is 3.81. The molecule has 1 rings (SSSR count). The molecule has 122 valence electrons. The maximum atomic E-state index is 11.2. The first-order chi connectivity index (χ1) is 10.0. The van der Waals surface area contributed by atoms with E-state index < -0.39 is 13.2 Å². The molecule has 0 saturated carbocycles. The Labute approximate surface area is 132 Å². The topological polar surface area (TPSA) is 78.2 Å². The molecule has 22 heavy (non-hydrogen) atoms. The SMILES string of the molecule is Cc1cnc(/C=C(/CCO[Si](C)(C)C(C)(C)C)[N+](=O)[O-])nc1. The monoisotopic (exact) mass is 323 g/mol. The van der Waals surface area contributed by atoms with Gasteiger partial charge in [0, 0.05) is 19.0 Å². The Kier molecular flexibility index (Phi) is 5.96. The molecule has 1 aromatic rings. The third-order valence-corrected chi connectivity index (χ3v) is 8.50. The van der Waals surface area contributed by atoms with Gasteiger partial charge in [0.15, 0.2) is 14.1 Å². The van der Waals surface area contributed by atoms with Crippen molar-refractivity contribution in [3.05, 3.63) is 39.6 Å². The number of hydrogen-bond donors (Lipinski definition) is 0. The first-order valence-corrected chi connectivity index (χ1v) is 10.2. The lowest BCUT2D eigenvalue weighted by Crippen LogP contribution is -2.41. The first-order valence-electron chi connectivity index (χ1n) is 7.30. The molecule has 0 saturated heterocycles. The van der Waals surface area contributed by atoms with Crippen LogP contribution in [-0.4, -0.2) is 29.8 Å². The van der Waals surface area contributed by atoms with Crippen LogP contribution in [0.5, 0.6) is 0 Å². The summed E-state index contributed by atoms with van der Waals surface area (Å²) in [4.78, 5) is 18.9. The van der Waals surface area contributed by atoms with Crippen LogP contribution < -0.4 is 0 Å². The van der Waals surface area contributed by atoms with E-state index in [1.165, 1.54) is 6.08 Å². The van der Waals surface area contributed by atoms with Crippen molar-refractivity contribution >= 4 is 14.4 Å². The Morgan fingerprint density at radius 3 is 2.36 bits per heavy atom.